The van der Waals surface area contributed by atoms with Gasteiger partial charge in [-0.25, -0.2) is 0 Å². The molecular formula is C25H53NO. The second-order valence-corrected chi connectivity index (χ2v) is 12.9. The third-order valence-electron chi connectivity index (χ3n) is 8.78. The zero-order valence-corrected chi connectivity index (χ0v) is 21.6. The Morgan fingerprint density at radius 2 is 1.15 bits per heavy atom. The van der Waals surface area contributed by atoms with Gasteiger partial charge in [-0.2, -0.15) is 0 Å². The van der Waals surface area contributed by atoms with Crippen molar-refractivity contribution in [3.05, 3.63) is 0 Å². The Kier molecular flexibility index (Phi) is 8.32. The van der Waals surface area contributed by atoms with Crippen LogP contribution in [0.1, 0.15) is 110 Å². The van der Waals surface area contributed by atoms with Crippen molar-refractivity contribution in [2.24, 2.45) is 27.6 Å². The predicted molar refractivity (Wildman–Crippen MR) is 122 cm³/mol. The van der Waals surface area contributed by atoms with Crippen molar-refractivity contribution >= 4 is 0 Å². The third kappa shape index (κ3) is 5.95. The van der Waals surface area contributed by atoms with Crippen LogP contribution >= 0.6 is 0 Å². The van der Waals surface area contributed by atoms with Crippen LogP contribution in [0.5, 0.6) is 0 Å². The van der Waals surface area contributed by atoms with Gasteiger partial charge in [-0.3, -0.25) is 0 Å². The van der Waals surface area contributed by atoms with Crippen LogP contribution in [0.2, 0.25) is 0 Å². The molecule has 0 rings (SSSR count). The molecule has 0 saturated heterocycles. The fourth-order valence-electron chi connectivity index (χ4n) is 3.51. The second kappa shape index (κ2) is 8.34. The molecule has 0 spiro atoms. The van der Waals surface area contributed by atoms with E-state index in [0.29, 0.717) is 5.92 Å². The maximum atomic E-state index is 6.49. The lowest BCUT2D eigenvalue weighted by molar-refractivity contribution is -0.120. The van der Waals surface area contributed by atoms with Crippen LogP contribution in [0.25, 0.3) is 0 Å². The summed E-state index contributed by atoms with van der Waals surface area (Å²) >= 11 is 0. The fraction of sp³-hybridized carbons (Fsp3) is 1.00. The molecule has 0 atom stereocenters. The van der Waals surface area contributed by atoms with E-state index in [-0.39, 0.29) is 32.8 Å². The molecule has 2 nitrogen and oxygen atoms in total. The first-order valence-corrected chi connectivity index (χ1v) is 11.0. The Morgan fingerprint density at radius 3 is 1.52 bits per heavy atom. The molecule has 27 heavy (non-hydrogen) atoms. The molecule has 0 unspecified atom stereocenters. The first-order chi connectivity index (χ1) is 11.6. The van der Waals surface area contributed by atoms with Crippen LogP contribution in [-0.2, 0) is 4.74 Å². The van der Waals surface area contributed by atoms with Crippen molar-refractivity contribution in [2.45, 2.75) is 121 Å². The summed E-state index contributed by atoms with van der Waals surface area (Å²) < 4.78 is 6.49. The largest absolute Gasteiger partial charge is 0.374 e. The maximum Gasteiger partial charge on any atom is 0.0801 e. The van der Waals surface area contributed by atoms with E-state index in [1.807, 2.05) is 0 Å². The van der Waals surface area contributed by atoms with E-state index in [0.717, 1.165) is 19.6 Å². The molecule has 0 aromatic rings. The molecule has 0 aliphatic heterocycles. The number of rotatable bonds is 10. The van der Waals surface area contributed by atoms with E-state index in [9.17, 15) is 0 Å². The molecule has 0 fully saturated rings. The van der Waals surface area contributed by atoms with Gasteiger partial charge in [-0.1, -0.05) is 76.2 Å². The second-order valence-electron chi connectivity index (χ2n) is 12.9. The molecule has 0 amide bonds. The van der Waals surface area contributed by atoms with Crippen LogP contribution in [0.3, 0.4) is 0 Å². The van der Waals surface area contributed by atoms with Gasteiger partial charge in [0.25, 0.3) is 0 Å². The van der Waals surface area contributed by atoms with Crippen molar-refractivity contribution in [2.75, 3.05) is 13.2 Å². The molecule has 0 aliphatic rings. The third-order valence-corrected chi connectivity index (χ3v) is 8.78. The van der Waals surface area contributed by atoms with Crippen molar-refractivity contribution in [1.82, 2.24) is 5.32 Å². The topological polar surface area (TPSA) is 21.3 Å². The van der Waals surface area contributed by atoms with E-state index in [4.69, 9.17) is 4.74 Å². The average molecular weight is 384 g/mol. The highest BCUT2D eigenvalue weighted by Crippen LogP contribution is 2.59. The van der Waals surface area contributed by atoms with Crippen molar-refractivity contribution < 1.29 is 4.74 Å². The Morgan fingerprint density at radius 1 is 0.704 bits per heavy atom. The van der Waals surface area contributed by atoms with Gasteiger partial charge in [0.15, 0.2) is 0 Å². The molecule has 164 valence electrons. The molecule has 0 saturated carbocycles. The monoisotopic (exact) mass is 383 g/mol. The lowest BCUT2D eigenvalue weighted by Crippen LogP contribution is -2.58. The minimum atomic E-state index is -0.221. The van der Waals surface area contributed by atoms with Crippen LogP contribution in [0.15, 0.2) is 0 Å². The van der Waals surface area contributed by atoms with E-state index in [1.165, 1.54) is 0 Å². The zero-order valence-electron chi connectivity index (χ0n) is 21.6. The van der Waals surface area contributed by atoms with Gasteiger partial charge >= 0.3 is 0 Å². The molecule has 0 heterocycles. The maximum absolute atomic E-state index is 6.49. The van der Waals surface area contributed by atoms with Gasteiger partial charge in [-0.15, -0.1) is 0 Å². The van der Waals surface area contributed by atoms with Crippen LogP contribution in [-0.4, -0.2) is 24.3 Å². The molecule has 0 aromatic heterocycles. The number of hydrogen-bond donors (Lipinski definition) is 1. The van der Waals surface area contributed by atoms with Crippen molar-refractivity contribution in [3.63, 3.8) is 0 Å². The zero-order chi connectivity index (χ0) is 22.1. The van der Waals surface area contributed by atoms with E-state index < -0.39 is 0 Å². The summed E-state index contributed by atoms with van der Waals surface area (Å²) in [6.07, 6.45) is 1.06. The highest BCUT2D eigenvalue weighted by molar-refractivity contribution is 5.01. The van der Waals surface area contributed by atoms with Gasteiger partial charge in [0, 0.05) is 12.1 Å². The molecular weight excluding hydrogens is 330 g/mol. The van der Waals surface area contributed by atoms with Gasteiger partial charge in [0.2, 0.25) is 0 Å². The summed E-state index contributed by atoms with van der Waals surface area (Å²) in [4.78, 5) is 0. The minimum absolute atomic E-state index is 0.0678. The summed E-state index contributed by atoms with van der Waals surface area (Å²) in [6.45, 7) is 36.9. The van der Waals surface area contributed by atoms with Crippen molar-refractivity contribution in [1.29, 1.82) is 0 Å². The Labute approximate surface area is 172 Å². The van der Waals surface area contributed by atoms with Gasteiger partial charge < -0.3 is 10.1 Å². The smallest absolute Gasteiger partial charge is 0.0801 e. The van der Waals surface area contributed by atoms with Crippen LogP contribution in [0, 0.1) is 27.6 Å². The predicted octanol–water partition coefficient (Wildman–Crippen LogP) is 7.32. The molecule has 1 N–H and O–H groups in total. The number of hydrogen-bond acceptors (Lipinski definition) is 2. The van der Waals surface area contributed by atoms with E-state index in [1.54, 1.807) is 0 Å². The number of nitrogens with one attached hydrogen (secondary N) is 1. The van der Waals surface area contributed by atoms with Crippen molar-refractivity contribution in [3.8, 4) is 0 Å². The first-order valence-electron chi connectivity index (χ1n) is 11.0. The van der Waals surface area contributed by atoms with Crippen LogP contribution in [0.4, 0.5) is 0 Å². The van der Waals surface area contributed by atoms with E-state index in [2.05, 4.69) is 109 Å². The molecule has 0 radical (unpaired) electrons. The summed E-state index contributed by atoms with van der Waals surface area (Å²) in [7, 11) is 0. The molecule has 0 aromatic carbocycles. The molecule has 0 bridgehead atoms. The van der Waals surface area contributed by atoms with E-state index >= 15 is 0 Å². The Bertz CT molecular complexity index is 461. The quantitative estimate of drug-likeness (QED) is 0.426. The summed E-state index contributed by atoms with van der Waals surface area (Å²) in [5.74, 6) is 0.638. The SMILES string of the molecule is CC(C)CNC(C)(C)C(C)(C)OCCC(C)(C)C(C)(C)C(C)(C)C(C)(C)C. The highest BCUT2D eigenvalue weighted by atomic mass is 16.5. The first kappa shape index (κ1) is 26.9. The standard InChI is InChI=1S/C25H53NO/c1-19(2)18-26-24(12,13)25(14,15)27-17-16-21(6,7)23(10,11)22(8,9)20(3,4)5/h19,26H,16-18H2,1-15H3. The lowest BCUT2D eigenvalue weighted by atomic mass is 9.47. The molecule has 2 heteroatoms. The Balaban J connectivity index is 5.14. The summed E-state index contributed by atoms with van der Waals surface area (Å²) in [5, 5.41) is 3.70. The summed E-state index contributed by atoms with van der Waals surface area (Å²) in [6, 6.07) is 0. The Hall–Kier alpha value is -0.0800. The van der Waals surface area contributed by atoms with Gasteiger partial charge in [0.1, 0.15) is 0 Å². The average Bonchev–Trinajstić information content (AvgIpc) is 2.42. The van der Waals surface area contributed by atoms with Crippen LogP contribution < -0.4 is 5.32 Å². The van der Waals surface area contributed by atoms with Gasteiger partial charge in [-0.05, 0) is 68.2 Å². The highest BCUT2D eigenvalue weighted by Gasteiger charge is 2.52. The normalized spacial score (nSPS) is 15.6. The number of ether oxygens (including phenoxy) is 1. The minimum Gasteiger partial charge on any atom is -0.374 e. The molecule has 0 aliphatic carbocycles. The summed E-state index contributed by atoms with van der Waals surface area (Å²) in [5.41, 5.74) is 0.517. The lowest BCUT2D eigenvalue weighted by Gasteiger charge is -2.58. The van der Waals surface area contributed by atoms with Gasteiger partial charge in [0.05, 0.1) is 5.60 Å². The fourth-order valence-corrected chi connectivity index (χ4v) is 3.51.